The van der Waals surface area contributed by atoms with Crippen LogP contribution in [0, 0.1) is 0 Å². The summed E-state index contributed by atoms with van der Waals surface area (Å²) in [6.07, 6.45) is 20.0. The van der Waals surface area contributed by atoms with Crippen molar-refractivity contribution in [2.24, 2.45) is 0 Å². The predicted octanol–water partition coefficient (Wildman–Crippen LogP) is 11.1. The molecule has 0 atom stereocenters. The van der Waals surface area contributed by atoms with Crippen molar-refractivity contribution in [3.05, 3.63) is 106 Å². The Balaban J connectivity index is 1.37. The number of nitrogens with zero attached hydrogens (tertiary/aromatic N) is 2. The van der Waals surface area contributed by atoms with Crippen LogP contribution in [0.25, 0.3) is 27.8 Å². The molecule has 212 valence electrons. The molecule has 4 aromatic rings. The number of benzene rings is 3. The molecular weight excluding hydrogens is 540 g/mol. The second-order valence-corrected chi connectivity index (χ2v) is 12.5. The van der Waals surface area contributed by atoms with E-state index in [-0.39, 0.29) is 0 Å². The van der Waals surface area contributed by atoms with Crippen molar-refractivity contribution < 1.29 is 4.57 Å². The molecule has 1 aliphatic heterocycles. The number of fused-ring (bicyclic) bond motifs is 4. The minimum atomic E-state index is 0.780. The van der Waals surface area contributed by atoms with Gasteiger partial charge < -0.3 is 4.90 Å². The summed E-state index contributed by atoms with van der Waals surface area (Å²) in [5.41, 5.74) is 5.00. The third kappa shape index (κ3) is 7.08. The van der Waals surface area contributed by atoms with Gasteiger partial charge in [0.05, 0.1) is 16.1 Å². The summed E-state index contributed by atoms with van der Waals surface area (Å²) >= 11 is 8.35. The van der Waals surface area contributed by atoms with Crippen LogP contribution in [0.1, 0.15) is 71.3 Å². The number of hydrogen-bond acceptors (Lipinski definition) is 2. The first kappa shape index (κ1) is 29.5. The fourth-order valence-electron chi connectivity index (χ4n) is 5.54. The van der Waals surface area contributed by atoms with Crippen molar-refractivity contribution in [3.8, 4) is 0 Å². The molecule has 0 saturated carbocycles. The van der Waals surface area contributed by atoms with Crippen molar-refractivity contribution >= 4 is 56.8 Å². The molecule has 0 amide bonds. The molecular formula is C37H42ClN2S+. The highest BCUT2D eigenvalue weighted by Gasteiger charge is 2.26. The lowest BCUT2D eigenvalue weighted by Crippen LogP contribution is -2.34. The van der Waals surface area contributed by atoms with Gasteiger partial charge in [-0.3, -0.25) is 0 Å². The van der Waals surface area contributed by atoms with E-state index in [2.05, 4.69) is 115 Å². The van der Waals surface area contributed by atoms with E-state index < -0.39 is 0 Å². The van der Waals surface area contributed by atoms with Gasteiger partial charge >= 0.3 is 0 Å². The Hall–Kier alpha value is -3.01. The zero-order valence-corrected chi connectivity index (χ0v) is 26.3. The van der Waals surface area contributed by atoms with Gasteiger partial charge in [-0.1, -0.05) is 117 Å². The number of pyridine rings is 1. The topological polar surface area (TPSA) is 7.12 Å². The van der Waals surface area contributed by atoms with Gasteiger partial charge in [0.2, 0.25) is 5.52 Å². The molecule has 2 nitrogen and oxygen atoms in total. The highest BCUT2D eigenvalue weighted by molar-refractivity contribution is 8.04. The van der Waals surface area contributed by atoms with Gasteiger partial charge in [-0.05, 0) is 60.4 Å². The van der Waals surface area contributed by atoms with E-state index in [1.807, 2.05) is 17.8 Å². The van der Waals surface area contributed by atoms with Crippen LogP contribution in [-0.4, -0.2) is 6.54 Å². The van der Waals surface area contributed by atoms with E-state index in [9.17, 15) is 0 Å². The molecule has 0 N–H and O–H groups in total. The Bertz CT molecular complexity index is 1600. The van der Waals surface area contributed by atoms with Crippen molar-refractivity contribution in [2.45, 2.75) is 77.2 Å². The number of allylic oxidation sites excluding steroid dienone is 4. The van der Waals surface area contributed by atoms with Gasteiger partial charge in [-0.25, -0.2) is 0 Å². The molecule has 3 aromatic carbocycles. The molecule has 0 unspecified atom stereocenters. The quantitative estimate of drug-likeness (QED) is 0.0932. The van der Waals surface area contributed by atoms with Crippen molar-refractivity contribution in [1.29, 1.82) is 0 Å². The van der Waals surface area contributed by atoms with E-state index in [1.165, 1.54) is 93.4 Å². The van der Waals surface area contributed by atoms with Crippen LogP contribution < -0.4 is 9.47 Å². The van der Waals surface area contributed by atoms with Crippen LogP contribution in [0.15, 0.2) is 101 Å². The highest BCUT2D eigenvalue weighted by Crippen LogP contribution is 2.49. The first-order valence-corrected chi connectivity index (χ1v) is 16.4. The molecule has 0 saturated heterocycles. The summed E-state index contributed by atoms with van der Waals surface area (Å²) in [5, 5.41) is 5.93. The van der Waals surface area contributed by atoms with Gasteiger partial charge in [0.1, 0.15) is 6.54 Å². The minimum Gasteiger partial charge on any atom is -0.335 e. The van der Waals surface area contributed by atoms with Gasteiger partial charge in [0.15, 0.2) is 6.20 Å². The van der Waals surface area contributed by atoms with Crippen molar-refractivity contribution in [1.82, 2.24) is 0 Å². The van der Waals surface area contributed by atoms with E-state index in [0.29, 0.717) is 0 Å². The molecule has 1 aliphatic rings. The summed E-state index contributed by atoms with van der Waals surface area (Å²) < 4.78 is 2.38. The molecule has 41 heavy (non-hydrogen) atoms. The number of aryl methyl sites for hydroxylation is 1. The second-order valence-electron chi connectivity index (χ2n) is 11.0. The normalized spacial score (nSPS) is 14.7. The standard InChI is InChI=1S/C37H42ClN2S/c1-4-6-8-9-12-24-39-26-23-30(33-27-31(38)19-21-34(33)39)17-15-28(3)16-22-36-40(25-7-5-2)35-20-18-29-13-10-11-14-32(29)37(35)41-36/h10-11,13-23,26-27H,4-9,12,24-25H2,1-3H3/q+1. The monoisotopic (exact) mass is 581 g/mol. The maximum absolute atomic E-state index is 6.45. The van der Waals surface area contributed by atoms with Gasteiger partial charge in [0.25, 0.3) is 0 Å². The first-order valence-electron chi connectivity index (χ1n) is 15.2. The molecule has 0 bridgehead atoms. The number of halogens is 1. The van der Waals surface area contributed by atoms with Crippen LogP contribution >= 0.6 is 23.4 Å². The highest BCUT2D eigenvalue weighted by atomic mass is 35.5. The van der Waals surface area contributed by atoms with Crippen LogP contribution in [0.4, 0.5) is 5.69 Å². The van der Waals surface area contributed by atoms with Crippen LogP contribution in [0.5, 0.6) is 0 Å². The Morgan fingerprint density at radius 3 is 2.59 bits per heavy atom. The lowest BCUT2D eigenvalue weighted by Gasteiger charge is -2.20. The van der Waals surface area contributed by atoms with Crippen LogP contribution in [-0.2, 0) is 6.54 Å². The summed E-state index contributed by atoms with van der Waals surface area (Å²) in [7, 11) is 0. The van der Waals surface area contributed by atoms with E-state index in [4.69, 9.17) is 11.6 Å². The average molecular weight is 582 g/mol. The fourth-order valence-corrected chi connectivity index (χ4v) is 6.93. The average Bonchev–Trinajstić information content (AvgIpc) is 3.35. The lowest BCUT2D eigenvalue weighted by molar-refractivity contribution is -0.671. The molecule has 0 fully saturated rings. The molecule has 4 heteroatoms. The smallest absolute Gasteiger partial charge is 0.213 e. The van der Waals surface area contributed by atoms with Crippen LogP contribution in [0.3, 0.4) is 0 Å². The lowest BCUT2D eigenvalue weighted by atomic mass is 10.1. The van der Waals surface area contributed by atoms with Crippen molar-refractivity contribution in [3.63, 3.8) is 0 Å². The second kappa shape index (κ2) is 14.2. The Labute approximate surface area is 255 Å². The largest absolute Gasteiger partial charge is 0.335 e. The van der Waals surface area contributed by atoms with Gasteiger partial charge in [0, 0.05) is 35.0 Å². The van der Waals surface area contributed by atoms with E-state index in [1.54, 1.807) is 0 Å². The van der Waals surface area contributed by atoms with Crippen LogP contribution in [0.2, 0.25) is 5.02 Å². The summed E-state index contributed by atoms with van der Waals surface area (Å²) in [6.45, 7) is 8.79. The number of aromatic nitrogens is 1. The SMILES string of the molecule is CCCCCCC[n+]1ccc(/C=C/C(C)=C/C=C2\Sc3c(ccc4ccccc34)N2CCCC)c2cc(Cl)ccc21. The molecule has 1 aromatic heterocycles. The number of anilines is 1. The first-order chi connectivity index (χ1) is 20.1. The predicted molar refractivity (Wildman–Crippen MR) is 181 cm³/mol. The molecule has 0 aliphatic carbocycles. The summed E-state index contributed by atoms with van der Waals surface area (Å²) in [6, 6.07) is 21.8. The number of rotatable bonds is 12. The molecule has 0 spiro atoms. The van der Waals surface area contributed by atoms with Gasteiger partial charge in [-0.2, -0.15) is 4.57 Å². The molecule has 0 radical (unpaired) electrons. The number of hydrogen-bond donors (Lipinski definition) is 0. The van der Waals surface area contributed by atoms with E-state index in [0.717, 1.165) is 18.1 Å². The third-order valence-electron chi connectivity index (χ3n) is 7.89. The maximum Gasteiger partial charge on any atom is 0.213 e. The number of unbranched alkanes of at least 4 members (excludes halogenated alkanes) is 5. The molecule has 2 heterocycles. The Kier molecular flexibility index (Phi) is 10.2. The van der Waals surface area contributed by atoms with Gasteiger partial charge in [-0.15, -0.1) is 0 Å². The molecule has 5 rings (SSSR count). The fraction of sp³-hybridized carbons (Fsp3) is 0.324. The third-order valence-corrected chi connectivity index (χ3v) is 9.32. The zero-order chi connectivity index (χ0) is 28.6. The maximum atomic E-state index is 6.45. The Morgan fingerprint density at radius 2 is 1.73 bits per heavy atom. The van der Waals surface area contributed by atoms with Crippen molar-refractivity contribution in [2.75, 3.05) is 11.4 Å². The Morgan fingerprint density at radius 1 is 0.902 bits per heavy atom. The summed E-state index contributed by atoms with van der Waals surface area (Å²) in [4.78, 5) is 3.87. The van der Waals surface area contributed by atoms with E-state index >= 15 is 0 Å². The number of thioether (sulfide) groups is 1. The minimum absolute atomic E-state index is 0.780. The zero-order valence-electron chi connectivity index (χ0n) is 24.7. The summed E-state index contributed by atoms with van der Waals surface area (Å²) in [5.74, 6) is 0.